The number of hydrogen-bond acceptors (Lipinski definition) is 6. The molecule has 2 atom stereocenters. The van der Waals surface area contributed by atoms with Crippen LogP contribution < -0.4 is 10.6 Å². The maximum atomic E-state index is 13.5. The molecule has 9 heteroatoms. The van der Waals surface area contributed by atoms with Crippen LogP contribution in [0.1, 0.15) is 66.0 Å². The smallest absolute Gasteiger partial charge is 0.408 e. The van der Waals surface area contributed by atoms with E-state index in [4.69, 9.17) is 4.74 Å². The molecule has 3 N–H and O–H groups in total. The van der Waals surface area contributed by atoms with Crippen molar-refractivity contribution in [2.45, 2.75) is 78.1 Å². The lowest BCUT2D eigenvalue weighted by molar-refractivity contribution is -0.144. The highest BCUT2D eigenvalue weighted by atomic mass is 32.1. The van der Waals surface area contributed by atoms with E-state index in [1.807, 2.05) is 6.92 Å². The summed E-state index contributed by atoms with van der Waals surface area (Å²) < 4.78 is 5.27. The fourth-order valence-corrected chi connectivity index (χ4v) is 3.32. The van der Waals surface area contributed by atoms with E-state index in [0.29, 0.717) is 12.1 Å². The third kappa shape index (κ3) is 8.61. The van der Waals surface area contributed by atoms with Crippen LogP contribution in [-0.2, 0) is 14.3 Å². The molecule has 180 valence electrons. The number of carbonyl (C=O) groups excluding carboxylic acids is 3. The van der Waals surface area contributed by atoms with Crippen molar-refractivity contribution in [1.29, 1.82) is 0 Å². The standard InChI is InChI=1S/C23H37N3O5S/c1-7-8-13-24-20(28)19(16-9-11-17(27)12-10-16)26(15(2)3)21(29)18(14-32)25-22(30)31-23(4,5)6/h9-12,15,18-19,27,32H,7-8,13-14H2,1-6H3,(H,24,28)(H,25,30). The Hall–Kier alpha value is -2.42. The topological polar surface area (TPSA) is 108 Å². The molecule has 0 saturated heterocycles. The molecule has 0 aliphatic rings. The zero-order valence-electron chi connectivity index (χ0n) is 19.8. The Balaban J connectivity index is 3.27. The number of alkyl carbamates (subject to hydrolysis) is 1. The number of amides is 3. The van der Waals surface area contributed by atoms with E-state index in [2.05, 4.69) is 23.3 Å². The van der Waals surface area contributed by atoms with Gasteiger partial charge in [0.1, 0.15) is 23.4 Å². The molecule has 8 nitrogen and oxygen atoms in total. The minimum absolute atomic E-state index is 0.0288. The third-order valence-corrected chi connectivity index (χ3v) is 4.91. The minimum Gasteiger partial charge on any atom is -0.508 e. The zero-order chi connectivity index (χ0) is 24.5. The van der Waals surface area contributed by atoms with Crippen LogP contribution in [0.3, 0.4) is 0 Å². The Morgan fingerprint density at radius 2 is 1.75 bits per heavy atom. The molecular formula is C23H37N3O5S. The second-order valence-electron chi connectivity index (χ2n) is 8.86. The number of rotatable bonds is 10. The van der Waals surface area contributed by atoms with E-state index in [-0.39, 0.29) is 23.5 Å². The van der Waals surface area contributed by atoms with Gasteiger partial charge >= 0.3 is 6.09 Å². The van der Waals surface area contributed by atoms with Gasteiger partial charge in [-0.05, 0) is 58.7 Å². The van der Waals surface area contributed by atoms with E-state index in [1.54, 1.807) is 46.8 Å². The normalized spacial score (nSPS) is 13.2. The molecule has 32 heavy (non-hydrogen) atoms. The number of aromatic hydroxyl groups is 1. The van der Waals surface area contributed by atoms with Crippen LogP contribution in [0.25, 0.3) is 0 Å². The highest BCUT2D eigenvalue weighted by molar-refractivity contribution is 7.80. The lowest BCUT2D eigenvalue weighted by Gasteiger charge is -2.37. The van der Waals surface area contributed by atoms with E-state index in [9.17, 15) is 19.5 Å². The van der Waals surface area contributed by atoms with Gasteiger partial charge in [0.2, 0.25) is 11.8 Å². The van der Waals surface area contributed by atoms with Crippen LogP contribution in [-0.4, -0.2) is 57.9 Å². The summed E-state index contributed by atoms with van der Waals surface area (Å²) in [6, 6.07) is 3.87. The average Bonchev–Trinajstić information content (AvgIpc) is 2.69. The maximum absolute atomic E-state index is 13.5. The summed E-state index contributed by atoms with van der Waals surface area (Å²) in [5, 5.41) is 15.1. The van der Waals surface area contributed by atoms with Gasteiger partial charge in [0.15, 0.2) is 0 Å². The lowest BCUT2D eigenvalue weighted by atomic mass is 10.0. The number of nitrogens with one attached hydrogen (secondary N) is 2. The average molecular weight is 468 g/mol. The Bertz CT molecular complexity index is 762. The molecule has 0 heterocycles. The van der Waals surface area contributed by atoms with Crippen LogP contribution in [0.2, 0.25) is 0 Å². The Morgan fingerprint density at radius 3 is 2.22 bits per heavy atom. The Morgan fingerprint density at radius 1 is 1.16 bits per heavy atom. The summed E-state index contributed by atoms with van der Waals surface area (Å²) in [5.74, 6) is -0.701. The van der Waals surface area contributed by atoms with E-state index in [1.165, 1.54) is 17.0 Å². The number of unbranched alkanes of at least 4 members (excludes halogenated alkanes) is 1. The van der Waals surface area contributed by atoms with Gasteiger partial charge in [0.05, 0.1) is 0 Å². The molecule has 2 unspecified atom stereocenters. The van der Waals surface area contributed by atoms with Gasteiger partial charge in [-0.1, -0.05) is 25.5 Å². The maximum Gasteiger partial charge on any atom is 0.408 e. The Kier molecular flexibility index (Phi) is 10.9. The molecule has 3 amide bonds. The quantitative estimate of drug-likeness (QED) is 0.312. The highest BCUT2D eigenvalue weighted by Gasteiger charge is 2.37. The van der Waals surface area contributed by atoms with Gasteiger partial charge in [-0.2, -0.15) is 12.6 Å². The predicted molar refractivity (Wildman–Crippen MR) is 128 cm³/mol. The van der Waals surface area contributed by atoms with Crippen molar-refractivity contribution in [3.05, 3.63) is 29.8 Å². The highest BCUT2D eigenvalue weighted by Crippen LogP contribution is 2.26. The van der Waals surface area contributed by atoms with Crippen molar-refractivity contribution >= 4 is 30.5 Å². The SMILES string of the molecule is CCCCNC(=O)C(c1ccc(O)cc1)N(C(=O)C(CS)NC(=O)OC(C)(C)C)C(C)C. The van der Waals surface area contributed by atoms with Crippen LogP contribution in [0.15, 0.2) is 24.3 Å². The van der Waals surface area contributed by atoms with Crippen molar-refractivity contribution in [3.63, 3.8) is 0 Å². The first-order valence-electron chi connectivity index (χ1n) is 10.9. The van der Waals surface area contributed by atoms with Crippen molar-refractivity contribution in [2.75, 3.05) is 12.3 Å². The molecule has 1 aromatic rings. The molecular weight excluding hydrogens is 430 g/mol. The number of phenolic OH excluding ortho intramolecular Hbond substituents is 1. The molecule has 1 aromatic carbocycles. The first-order valence-corrected chi connectivity index (χ1v) is 11.5. The van der Waals surface area contributed by atoms with Gasteiger partial charge in [-0.3, -0.25) is 9.59 Å². The van der Waals surface area contributed by atoms with Crippen molar-refractivity contribution in [2.24, 2.45) is 0 Å². The summed E-state index contributed by atoms with van der Waals surface area (Å²) >= 11 is 4.24. The second-order valence-corrected chi connectivity index (χ2v) is 9.22. The Labute approximate surface area is 196 Å². The largest absolute Gasteiger partial charge is 0.508 e. The van der Waals surface area contributed by atoms with Crippen LogP contribution in [0.4, 0.5) is 4.79 Å². The molecule has 0 aliphatic heterocycles. The van der Waals surface area contributed by atoms with Crippen molar-refractivity contribution in [3.8, 4) is 5.75 Å². The van der Waals surface area contributed by atoms with Gasteiger partial charge in [0, 0.05) is 18.3 Å². The molecule has 1 rings (SSSR count). The summed E-state index contributed by atoms with van der Waals surface area (Å²) in [6.07, 6.45) is 0.990. The van der Waals surface area contributed by atoms with Gasteiger partial charge in [0.25, 0.3) is 0 Å². The molecule has 0 spiro atoms. The lowest BCUT2D eigenvalue weighted by Crippen LogP contribution is -2.55. The van der Waals surface area contributed by atoms with E-state index >= 15 is 0 Å². The fraction of sp³-hybridized carbons (Fsp3) is 0.609. The monoisotopic (exact) mass is 467 g/mol. The first kappa shape index (κ1) is 27.6. The summed E-state index contributed by atoms with van der Waals surface area (Å²) in [7, 11) is 0. The molecule has 0 aromatic heterocycles. The second kappa shape index (κ2) is 12.6. The minimum atomic E-state index is -0.987. The first-order chi connectivity index (χ1) is 14.9. The number of ether oxygens (including phenoxy) is 1. The number of phenols is 1. The van der Waals surface area contributed by atoms with Crippen LogP contribution in [0, 0.1) is 0 Å². The zero-order valence-corrected chi connectivity index (χ0v) is 20.7. The third-order valence-electron chi connectivity index (χ3n) is 4.55. The molecule has 0 saturated carbocycles. The number of hydrogen-bond donors (Lipinski definition) is 4. The summed E-state index contributed by atoms with van der Waals surface area (Å²) in [6.45, 7) is 11.3. The number of carbonyl (C=O) groups is 3. The summed E-state index contributed by atoms with van der Waals surface area (Å²) in [5.41, 5.74) is -0.172. The number of benzene rings is 1. The summed E-state index contributed by atoms with van der Waals surface area (Å²) in [4.78, 5) is 40.4. The molecule has 0 fully saturated rings. The fourth-order valence-electron chi connectivity index (χ4n) is 3.08. The van der Waals surface area contributed by atoms with E-state index < -0.39 is 29.7 Å². The van der Waals surface area contributed by atoms with Crippen LogP contribution >= 0.6 is 12.6 Å². The van der Waals surface area contributed by atoms with Gasteiger partial charge in [-0.15, -0.1) is 0 Å². The van der Waals surface area contributed by atoms with Crippen molar-refractivity contribution in [1.82, 2.24) is 15.5 Å². The van der Waals surface area contributed by atoms with Gasteiger partial charge < -0.3 is 25.4 Å². The van der Waals surface area contributed by atoms with Crippen LogP contribution in [0.5, 0.6) is 5.75 Å². The van der Waals surface area contributed by atoms with Crippen molar-refractivity contribution < 1.29 is 24.2 Å². The van der Waals surface area contributed by atoms with E-state index in [0.717, 1.165) is 12.8 Å². The predicted octanol–water partition coefficient (Wildman–Crippen LogP) is 3.41. The molecule has 0 aliphatic carbocycles. The molecule has 0 bridgehead atoms. The number of nitrogens with zero attached hydrogens (tertiary/aromatic N) is 1. The molecule has 0 radical (unpaired) electrons. The number of thiol groups is 1. The van der Waals surface area contributed by atoms with Gasteiger partial charge in [-0.25, -0.2) is 4.79 Å².